The van der Waals surface area contributed by atoms with E-state index in [1.165, 1.54) is 4.90 Å². The third-order valence-corrected chi connectivity index (χ3v) is 5.33. The summed E-state index contributed by atoms with van der Waals surface area (Å²) in [6.45, 7) is 0.773. The Labute approximate surface area is 140 Å². The standard InChI is InChI=1S/C20H17NOS/c22-20(17-11-10-15-6-1-2-7-16(15)14-17)21-12-5-13-23-19-9-4-3-8-18(19)21/h1-4,6-11,14H,5,12-13H2. The molecule has 3 aromatic rings. The highest BCUT2D eigenvalue weighted by Gasteiger charge is 2.22. The van der Waals surface area contributed by atoms with Crippen molar-refractivity contribution in [3.63, 3.8) is 0 Å². The predicted octanol–water partition coefficient (Wildman–Crippen LogP) is 4.98. The monoisotopic (exact) mass is 319 g/mol. The lowest BCUT2D eigenvalue weighted by Crippen LogP contribution is -2.31. The van der Waals surface area contributed by atoms with E-state index in [1.54, 1.807) is 0 Å². The summed E-state index contributed by atoms with van der Waals surface area (Å²) >= 11 is 1.83. The third kappa shape index (κ3) is 2.73. The minimum atomic E-state index is 0.0886. The molecule has 0 radical (unpaired) electrons. The van der Waals surface area contributed by atoms with Crippen LogP contribution in [0.3, 0.4) is 0 Å². The summed E-state index contributed by atoms with van der Waals surface area (Å²) in [5, 5.41) is 2.27. The van der Waals surface area contributed by atoms with Crippen LogP contribution in [0, 0.1) is 0 Å². The van der Waals surface area contributed by atoms with Gasteiger partial charge in [-0.05, 0) is 47.2 Å². The molecular weight excluding hydrogens is 302 g/mol. The zero-order valence-electron chi connectivity index (χ0n) is 12.7. The first kappa shape index (κ1) is 14.3. The van der Waals surface area contributed by atoms with Crippen LogP contribution in [0.25, 0.3) is 10.8 Å². The molecule has 3 heteroatoms. The van der Waals surface area contributed by atoms with Gasteiger partial charge in [0.15, 0.2) is 0 Å². The topological polar surface area (TPSA) is 20.3 Å². The van der Waals surface area contributed by atoms with E-state index in [0.29, 0.717) is 0 Å². The minimum Gasteiger partial charge on any atom is -0.307 e. The van der Waals surface area contributed by atoms with Crippen LogP contribution in [-0.2, 0) is 0 Å². The summed E-state index contributed by atoms with van der Waals surface area (Å²) in [7, 11) is 0. The predicted molar refractivity (Wildman–Crippen MR) is 97.4 cm³/mol. The lowest BCUT2D eigenvalue weighted by atomic mass is 10.1. The fourth-order valence-corrected chi connectivity index (χ4v) is 4.01. The van der Waals surface area contributed by atoms with Crippen molar-refractivity contribution in [1.29, 1.82) is 0 Å². The van der Waals surface area contributed by atoms with Crippen LogP contribution in [0.2, 0.25) is 0 Å². The lowest BCUT2D eigenvalue weighted by molar-refractivity contribution is 0.0987. The number of anilines is 1. The van der Waals surface area contributed by atoms with Crippen LogP contribution in [0.5, 0.6) is 0 Å². The molecule has 0 saturated carbocycles. The smallest absolute Gasteiger partial charge is 0.258 e. The van der Waals surface area contributed by atoms with E-state index in [-0.39, 0.29) is 5.91 Å². The number of fused-ring (bicyclic) bond motifs is 2. The second-order valence-corrected chi connectivity index (χ2v) is 6.83. The molecule has 0 aliphatic carbocycles. The molecule has 0 atom stereocenters. The summed E-state index contributed by atoms with van der Waals surface area (Å²) < 4.78 is 0. The fourth-order valence-electron chi connectivity index (χ4n) is 3.02. The molecule has 3 aromatic carbocycles. The van der Waals surface area contributed by atoms with Gasteiger partial charge in [-0.25, -0.2) is 0 Å². The Morgan fingerprint density at radius 2 is 1.70 bits per heavy atom. The van der Waals surface area contributed by atoms with E-state index in [2.05, 4.69) is 18.2 Å². The van der Waals surface area contributed by atoms with E-state index in [4.69, 9.17) is 0 Å². The van der Waals surface area contributed by atoms with Crippen molar-refractivity contribution in [3.8, 4) is 0 Å². The van der Waals surface area contributed by atoms with E-state index >= 15 is 0 Å². The van der Waals surface area contributed by atoms with Gasteiger partial charge in [0, 0.05) is 17.0 Å². The summed E-state index contributed by atoms with van der Waals surface area (Å²) in [4.78, 5) is 16.2. The third-order valence-electron chi connectivity index (χ3n) is 4.18. The maximum absolute atomic E-state index is 13.1. The van der Waals surface area contributed by atoms with Gasteiger partial charge in [-0.1, -0.05) is 42.5 Å². The quantitative estimate of drug-likeness (QED) is 0.630. The number of thioether (sulfide) groups is 1. The number of amides is 1. The van der Waals surface area contributed by atoms with Crippen molar-refractivity contribution >= 4 is 34.1 Å². The first-order valence-electron chi connectivity index (χ1n) is 7.85. The number of carbonyl (C=O) groups is 1. The van der Waals surface area contributed by atoms with E-state index in [0.717, 1.165) is 40.7 Å². The number of para-hydroxylation sites is 1. The number of hydrogen-bond acceptors (Lipinski definition) is 2. The molecule has 0 spiro atoms. The maximum atomic E-state index is 13.1. The molecule has 1 heterocycles. The Morgan fingerprint density at radius 1 is 0.913 bits per heavy atom. The van der Waals surface area contributed by atoms with Gasteiger partial charge in [-0.3, -0.25) is 4.79 Å². The van der Waals surface area contributed by atoms with Gasteiger partial charge in [0.1, 0.15) is 0 Å². The Balaban J connectivity index is 1.75. The lowest BCUT2D eigenvalue weighted by Gasteiger charge is -2.22. The largest absolute Gasteiger partial charge is 0.307 e. The summed E-state index contributed by atoms with van der Waals surface area (Å²) in [5.74, 6) is 1.14. The van der Waals surface area contributed by atoms with Crippen molar-refractivity contribution in [1.82, 2.24) is 0 Å². The number of nitrogens with zero attached hydrogens (tertiary/aromatic N) is 1. The Morgan fingerprint density at radius 3 is 2.61 bits per heavy atom. The van der Waals surface area contributed by atoms with Gasteiger partial charge in [0.05, 0.1) is 5.69 Å². The molecule has 0 fully saturated rings. The summed E-state index contributed by atoms with van der Waals surface area (Å²) in [6, 6.07) is 22.3. The Bertz CT molecular complexity index is 874. The van der Waals surface area contributed by atoms with Gasteiger partial charge in [0.25, 0.3) is 5.91 Å². The molecule has 4 rings (SSSR count). The van der Waals surface area contributed by atoms with Crippen LogP contribution < -0.4 is 4.90 Å². The first-order valence-corrected chi connectivity index (χ1v) is 8.84. The number of benzene rings is 3. The molecule has 1 aliphatic rings. The molecule has 1 amide bonds. The average Bonchev–Trinajstić information content (AvgIpc) is 2.83. The highest BCUT2D eigenvalue weighted by Crippen LogP contribution is 2.34. The van der Waals surface area contributed by atoms with E-state index < -0.39 is 0 Å². The highest BCUT2D eigenvalue weighted by molar-refractivity contribution is 7.99. The first-order chi connectivity index (χ1) is 11.3. The molecule has 0 saturated heterocycles. The van der Waals surface area contributed by atoms with Crippen molar-refractivity contribution in [2.24, 2.45) is 0 Å². The van der Waals surface area contributed by atoms with Crippen molar-refractivity contribution in [2.45, 2.75) is 11.3 Å². The fraction of sp³-hybridized carbons (Fsp3) is 0.150. The number of hydrogen-bond donors (Lipinski definition) is 0. The van der Waals surface area contributed by atoms with Crippen LogP contribution in [0.4, 0.5) is 5.69 Å². The second-order valence-electron chi connectivity index (χ2n) is 5.69. The number of carbonyl (C=O) groups excluding carboxylic acids is 1. The molecule has 0 aromatic heterocycles. The normalized spacial score (nSPS) is 14.3. The molecule has 0 N–H and O–H groups in total. The second kappa shape index (κ2) is 6.09. The molecule has 0 unspecified atom stereocenters. The van der Waals surface area contributed by atoms with Crippen molar-refractivity contribution in [3.05, 3.63) is 72.3 Å². The summed E-state index contributed by atoms with van der Waals surface area (Å²) in [5.41, 5.74) is 1.79. The molecule has 23 heavy (non-hydrogen) atoms. The Hall–Kier alpha value is -2.26. The van der Waals surface area contributed by atoms with Gasteiger partial charge >= 0.3 is 0 Å². The minimum absolute atomic E-state index is 0.0886. The zero-order valence-corrected chi connectivity index (χ0v) is 13.6. The van der Waals surface area contributed by atoms with Gasteiger partial charge in [0.2, 0.25) is 0 Å². The molecule has 114 valence electrons. The maximum Gasteiger partial charge on any atom is 0.258 e. The average molecular weight is 319 g/mol. The van der Waals surface area contributed by atoms with Gasteiger partial charge in [-0.15, -0.1) is 11.8 Å². The zero-order chi connectivity index (χ0) is 15.6. The van der Waals surface area contributed by atoms with Crippen LogP contribution in [0.15, 0.2) is 71.6 Å². The van der Waals surface area contributed by atoms with E-state index in [9.17, 15) is 4.79 Å². The van der Waals surface area contributed by atoms with Gasteiger partial charge < -0.3 is 4.90 Å². The van der Waals surface area contributed by atoms with Crippen LogP contribution in [0.1, 0.15) is 16.8 Å². The van der Waals surface area contributed by atoms with Crippen molar-refractivity contribution in [2.75, 3.05) is 17.2 Å². The summed E-state index contributed by atoms with van der Waals surface area (Å²) in [6.07, 6.45) is 1.01. The van der Waals surface area contributed by atoms with Crippen LogP contribution in [-0.4, -0.2) is 18.2 Å². The molecule has 0 bridgehead atoms. The molecule has 2 nitrogen and oxygen atoms in total. The SMILES string of the molecule is O=C(c1ccc2ccccc2c1)N1CCCSc2ccccc21. The molecule has 1 aliphatic heterocycles. The highest BCUT2D eigenvalue weighted by atomic mass is 32.2. The van der Waals surface area contributed by atoms with E-state index in [1.807, 2.05) is 65.2 Å². The van der Waals surface area contributed by atoms with Crippen molar-refractivity contribution < 1.29 is 4.79 Å². The number of rotatable bonds is 1. The van der Waals surface area contributed by atoms with Crippen LogP contribution >= 0.6 is 11.8 Å². The molecular formula is C20H17NOS. The Kier molecular flexibility index (Phi) is 3.80. The van der Waals surface area contributed by atoms with Gasteiger partial charge in [-0.2, -0.15) is 0 Å².